The zero-order chi connectivity index (χ0) is 15.1. The van der Waals surface area contributed by atoms with Gasteiger partial charge in [0, 0.05) is 10.6 Å². The van der Waals surface area contributed by atoms with Crippen molar-refractivity contribution in [2.45, 2.75) is 0 Å². The number of benzene rings is 2. The fourth-order valence-corrected chi connectivity index (χ4v) is 2.51. The highest BCUT2D eigenvalue weighted by Gasteiger charge is 2.18. The van der Waals surface area contributed by atoms with E-state index in [9.17, 15) is 0 Å². The number of nitrogens with zero attached hydrogens (tertiary/aromatic N) is 2. The molecule has 0 atom stereocenters. The van der Waals surface area contributed by atoms with Gasteiger partial charge < -0.3 is 13.9 Å². The molecule has 0 saturated heterocycles. The monoisotopic (exact) mass is 334 g/mol. The molecule has 1 aliphatic heterocycles. The van der Waals surface area contributed by atoms with Crippen LogP contribution in [0.1, 0.15) is 0 Å². The van der Waals surface area contributed by atoms with Crippen molar-refractivity contribution in [1.82, 2.24) is 10.2 Å². The van der Waals surface area contributed by atoms with Crippen molar-refractivity contribution in [2.75, 3.05) is 6.79 Å². The molecule has 5 nitrogen and oxygen atoms in total. The number of hydrogen-bond donors (Lipinski definition) is 0. The molecule has 0 saturated carbocycles. The Morgan fingerprint density at radius 2 is 1.68 bits per heavy atom. The first-order valence-electron chi connectivity index (χ1n) is 6.40. The lowest BCUT2D eigenvalue weighted by Crippen LogP contribution is -1.92. The highest BCUT2D eigenvalue weighted by molar-refractivity contribution is 6.35. The Balaban J connectivity index is 1.74. The van der Waals surface area contributed by atoms with E-state index < -0.39 is 0 Å². The number of aromatic nitrogens is 2. The van der Waals surface area contributed by atoms with Crippen molar-refractivity contribution < 1.29 is 13.9 Å². The van der Waals surface area contributed by atoms with Crippen LogP contribution < -0.4 is 9.47 Å². The van der Waals surface area contributed by atoms with Gasteiger partial charge in [-0.15, -0.1) is 10.2 Å². The maximum atomic E-state index is 6.14. The molecule has 2 aromatic carbocycles. The summed E-state index contributed by atoms with van der Waals surface area (Å²) in [5.41, 5.74) is 1.33. The molecule has 7 heteroatoms. The van der Waals surface area contributed by atoms with Crippen LogP contribution in [0.3, 0.4) is 0 Å². The minimum absolute atomic E-state index is 0.214. The molecule has 3 aromatic rings. The van der Waals surface area contributed by atoms with Crippen LogP contribution in [0.2, 0.25) is 10.0 Å². The lowest BCUT2D eigenvalue weighted by Gasteiger charge is -2.00. The van der Waals surface area contributed by atoms with E-state index in [1.165, 1.54) is 0 Å². The van der Waals surface area contributed by atoms with Gasteiger partial charge in [-0.1, -0.05) is 23.2 Å². The van der Waals surface area contributed by atoms with E-state index >= 15 is 0 Å². The van der Waals surface area contributed by atoms with Crippen LogP contribution in [0.25, 0.3) is 22.9 Å². The molecule has 0 amide bonds. The van der Waals surface area contributed by atoms with Gasteiger partial charge in [0.1, 0.15) is 0 Å². The van der Waals surface area contributed by atoms with E-state index in [4.69, 9.17) is 37.1 Å². The van der Waals surface area contributed by atoms with Crippen LogP contribution in [0.5, 0.6) is 11.5 Å². The van der Waals surface area contributed by atoms with Crippen molar-refractivity contribution in [3.63, 3.8) is 0 Å². The summed E-state index contributed by atoms with van der Waals surface area (Å²) >= 11 is 12.1. The van der Waals surface area contributed by atoms with Gasteiger partial charge in [0.15, 0.2) is 11.5 Å². The van der Waals surface area contributed by atoms with E-state index in [0.717, 1.165) is 5.56 Å². The Hall–Kier alpha value is -2.24. The Labute approximate surface area is 135 Å². The summed E-state index contributed by atoms with van der Waals surface area (Å²) in [5, 5.41) is 9.11. The molecule has 0 fully saturated rings. The van der Waals surface area contributed by atoms with Crippen molar-refractivity contribution in [2.24, 2.45) is 0 Å². The molecular weight excluding hydrogens is 327 g/mol. The van der Waals surface area contributed by atoms with Crippen LogP contribution in [0.15, 0.2) is 40.8 Å². The summed E-state index contributed by atoms with van der Waals surface area (Å²) in [7, 11) is 0. The van der Waals surface area contributed by atoms with Gasteiger partial charge in [-0.25, -0.2) is 0 Å². The van der Waals surface area contributed by atoms with Gasteiger partial charge in [0.2, 0.25) is 18.6 Å². The summed E-state index contributed by atoms with van der Waals surface area (Å²) in [4.78, 5) is 0. The minimum Gasteiger partial charge on any atom is -0.454 e. The average Bonchev–Trinajstić information content (AvgIpc) is 3.17. The third-order valence-corrected chi connectivity index (χ3v) is 3.77. The second-order valence-corrected chi connectivity index (χ2v) is 5.45. The number of halogens is 2. The molecule has 0 spiro atoms. The van der Waals surface area contributed by atoms with Gasteiger partial charge in [0.05, 0.1) is 10.6 Å². The Morgan fingerprint density at radius 3 is 2.59 bits per heavy atom. The second-order valence-electron chi connectivity index (χ2n) is 4.60. The predicted molar refractivity (Wildman–Crippen MR) is 81.3 cm³/mol. The van der Waals surface area contributed by atoms with Gasteiger partial charge in [0.25, 0.3) is 0 Å². The molecule has 1 aromatic heterocycles. The van der Waals surface area contributed by atoms with Crippen molar-refractivity contribution >= 4 is 23.2 Å². The third kappa shape index (κ3) is 2.28. The van der Waals surface area contributed by atoms with Crippen LogP contribution in [0, 0.1) is 0 Å². The normalized spacial score (nSPS) is 12.6. The molecule has 22 heavy (non-hydrogen) atoms. The number of hydrogen-bond acceptors (Lipinski definition) is 5. The topological polar surface area (TPSA) is 57.4 Å². The lowest BCUT2D eigenvalue weighted by molar-refractivity contribution is 0.174. The van der Waals surface area contributed by atoms with Gasteiger partial charge >= 0.3 is 0 Å². The number of ether oxygens (including phenoxy) is 2. The smallest absolute Gasteiger partial charge is 0.249 e. The predicted octanol–water partition coefficient (Wildman–Crippen LogP) is 4.44. The lowest BCUT2D eigenvalue weighted by atomic mass is 10.2. The summed E-state index contributed by atoms with van der Waals surface area (Å²) in [6.07, 6.45) is 0. The standard InChI is InChI=1S/C15H8Cl2N2O3/c16-9-2-3-11(17)10(6-9)15-19-18-14(22-15)8-1-4-12-13(5-8)21-7-20-12/h1-6H,7H2. The Morgan fingerprint density at radius 1 is 0.864 bits per heavy atom. The molecular formula is C15H8Cl2N2O3. The largest absolute Gasteiger partial charge is 0.454 e. The van der Waals surface area contributed by atoms with Crippen LogP contribution in [-0.2, 0) is 0 Å². The van der Waals surface area contributed by atoms with Crippen LogP contribution in [-0.4, -0.2) is 17.0 Å². The maximum absolute atomic E-state index is 6.14. The summed E-state index contributed by atoms with van der Waals surface area (Å²) in [6.45, 7) is 0.214. The molecule has 110 valence electrons. The number of fused-ring (bicyclic) bond motifs is 1. The fraction of sp³-hybridized carbons (Fsp3) is 0.0667. The van der Waals surface area contributed by atoms with Gasteiger partial charge in [-0.3, -0.25) is 0 Å². The summed E-state index contributed by atoms with van der Waals surface area (Å²) in [5.74, 6) is 2.02. The SMILES string of the molecule is Clc1ccc(Cl)c(-c2nnc(-c3ccc4c(c3)OCO4)o2)c1. The fourth-order valence-electron chi connectivity index (χ4n) is 2.14. The quantitative estimate of drug-likeness (QED) is 0.693. The van der Waals surface area contributed by atoms with E-state index in [1.54, 1.807) is 30.3 Å². The second kappa shape index (κ2) is 5.19. The highest BCUT2D eigenvalue weighted by atomic mass is 35.5. The molecule has 0 N–H and O–H groups in total. The Bertz CT molecular complexity index is 864. The zero-order valence-corrected chi connectivity index (χ0v) is 12.6. The Kier molecular flexibility index (Phi) is 3.17. The highest BCUT2D eigenvalue weighted by Crippen LogP contribution is 2.37. The minimum atomic E-state index is 0.214. The zero-order valence-electron chi connectivity index (χ0n) is 11.0. The van der Waals surface area contributed by atoms with Crippen molar-refractivity contribution in [1.29, 1.82) is 0 Å². The maximum Gasteiger partial charge on any atom is 0.249 e. The number of rotatable bonds is 2. The first-order chi connectivity index (χ1) is 10.7. The van der Waals surface area contributed by atoms with E-state index in [-0.39, 0.29) is 6.79 Å². The van der Waals surface area contributed by atoms with Crippen molar-refractivity contribution in [3.05, 3.63) is 46.4 Å². The molecule has 4 rings (SSSR count). The van der Waals surface area contributed by atoms with E-state index in [0.29, 0.717) is 38.9 Å². The first-order valence-corrected chi connectivity index (χ1v) is 7.15. The van der Waals surface area contributed by atoms with Crippen LogP contribution >= 0.6 is 23.2 Å². The van der Waals surface area contributed by atoms with E-state index in [2.05, 4.69) is 10.2 Å². The molecule has 1 aliphatic rings. The molecule has 2 heterocycles. The van der Waals surface area contributed by atoms with Crippen LogP contribution in [0.4, 0.5) is 0 Å². The van der Waals surface area contributed by atoms with E-state index in [1.807, 2.05) is 6.07 Å². The summed E-state index contributed by atoms with van der Waals surface area (Å²) in [6, 6.07) is 10.5. The molecule has 0 unspecified atom stereocenters. The third-order valence-electron chi connectivity index (χ3n) is 3.20. The molecule has 0 bridgehead atoms. The first kappa shape index (κ1) is 13.4. The van der Waals surface area contributed by atoms with Crippen molar-refractivity contribution in [3.8, 4) is 34.4 Å². The molecule has 0 radical (unpaired) electrons. The summed E-state index contributed by atoms with van der Waals surface area (Å²) < 4.78 is 16.3. The average molecular weight is 335 g/mol. The molecule has 0 aliphatic carbocycles. The van der Waals surface area contributed by atoms with Gasteiger partial charge in [-0.05, 0) is 36.4 Å². The van der Waals surface area contributed by atoms with Gasteiger partial charge in [-0.2, -0.15) is 0 Å².